The Morgan fingerprint density at radius 2 is 2.29 bits per heavy atom. The minimum atomic E-state index is 0.779. The molecule has 17 heavy (non-hydrogen) atoms. The van der Waals surface area contributed by atoms with Crippen LogP contribution in [-0.2, 0) is 13.6 Å². The second-order valence-corrected chi connectivity index (χ2v) is 4.16. The van der Waals surface area contributed by atoms with Crippen molar-refractivity contribution in [1.29, 1.82) is 0 Å². The van der Waals surface area contributed by atoms with Crippen molar-refractivity contribution in [3.63, 3.8) is 0 Å². The summed E-state index contributed by atoms with van der Waals surface area (Å²) in [6.07, 6.45) is 4.84. The summed E-state index contributed by atoms with van der Waals surface area (Å²) in [7, 11) is 1.90. The van der Waals surface area contributed by atoms with Crippen LogP contribution in [0.3, 0.4) is 0 Å². The molecule has 0 aliphatic rings. The van der Waals surface area contributed by atoms with Crippen LogP contribution in [0.1, 0.15) is 24.6 Å². The van der Waals surface area contributed by atoms with Crippen LogP contribution in [0.15, 0.2) is 16.9 Å². The minimum absolute atomic E-state index is 0.779. The number of aromatic nitrogens is 3. The standard InChI is InChI=1S/C12H18N4O/c1-4-5-13-6-10-7-14-17-12(10)11-8-16(3)15-9(11)2/h7-8,13H,4-6H2,1-3H3. The minimum Gasteiger partial charge on any atom is -0.356 e. The average molecular weight is 234 g/mol. The van der Waals surface area contributed by atoms with Crippen LogP contribution in [0.25, 0.3) is 11.3 Å². The molecule has 0 aliphatic heterocycles. The Kier molecular flexibility index (Phi) is 3.58. The fourth-order valence-electron chi connectivity index (χ4n) is 1.83. The van der Waals surface area contributed by atoms with Crippen molar-refractivity contribution in [2.24, 2.45) is 7.05 Å². The van der Waals surface area contributed by atoms with E-state index in [-0.39, 0.29) is 0 Å². The van der Waals surface area contributed by atoms with Gasteiger partial charge < -0.3 is 9.84 Å². The van der Waals surface area contributed by atoms with Crippen LogP contribution in [0, 0.1) is 6.92 Å². The van der Waals surface area contributed by atoms with Gasteiger partial charge in [-0.1, -0.05) is 12.1 Å². The topological polar surface area (TPSA) is 55.9 Å². The van der Waals surface area contributed by atoms with E-state index in [0.29, 0.717) is 0 Å². The molecule has 1 N–H and O–H groups in total. The maximum absolute atomic E-state index is 5.33. The third kappa shape index (κ3) is 2.55. The van der Waals surface area contributed by atoms with Crippen molar-refractivity contribution in [3.8, 4) is 11.3 Å². The Morgan fingerprint density at radius 1 is 1.47 bits per heavy atom. The Hall–Kier alpha value is -1.62. The Morgan fingerprint density at radius 3 is 2.94 bits per heavy atom. The lowest BCUT2D eigenvalue weighted by molar-refractivity contribution is 0.431. The van der Waals surface area contributed by atoms with Crippen LogP contribution in [0.4, 0.5) is 0 Å². The monoisotopic (exact) mass is 234 g/mol. The van der Waals surface area contributed by atoms with Gasteiger partial charge in [-0.3, -0.25) is 4.68 Å². The fourth-order valence-corrected chi connectivity index (χ4v) is 1.83. The normalized spacial score (nSPS) is 11.0. The van der Waals surface area contributed by atoms with E-state index >= 15 is 0 Å². The quantitative estimate of drug-likeness (QED) is 0.803. The van der Waals surface area contributed by atoms with E-state index in [2.05, 4.69) is 22.5 Å². The molecule has 0 aromatic carbocycles. The van der Waals surface area contributed by atoms with E-state index in [1.165, 1.54) is 0 Å². The number of nitrogens with zero attached hydrogens (tertiary/aromatic N) is 3. The van der Waals surface area contributed by atoms with Crippen LogP contribution in [-0.4, -0.2) is 21.5 Å². The van der Waals surface area contributed by atoms with Gasteiger partial charge in [0.05, 0.1) is 17.5 Å². The van der Waals surface area contributed by atoms with Gasteiger partial charge in [-0.05, 0) is 19.9 Å². The lowest BCUT2D eigenvalue weighted by Gasteiger charge is -2.01. The van der Waals surface area contributed by atoms with Gasteiger partial charge >= 0.3 is 0 Å². The fraction of sp³-hybridized carbons (Fsp3) is 0.500. The van der Waals surface area contributed by atoms with Crippen molar-refractivity contribution in [3.05, 3.63) is 23.7 Å². The second-order valence-electron chi connectivity index (χ2n) is 4.16. The van der Waals surface area contributed by atoms with E-state index < -0.39 is 0 Å². The molecule has 2 aromatic rings. The molecule has 0 spiro atoms. The average Bonchev–Trinajstić information content (AvgIpc) is 2.85. The number of hydrogen-bond donors (Lipinski definition) is 1. The molecule has 0 bridgehead atoms. The van der Waals surface area contributed by atoms with Crippen LogP contribution < -0.4 is 5.32 Å². The van der Waals surface area contributed by atoms with Gasteiger partial charge in [-0.15, -0.1) is 0 Å². The first kappa shape index (κ1) is 11.9. The largest absolute Gasteiger partial charge is 0.356 e. The van der Waals surface area contributed by atoms with E-state index in [1.54, 1.807) is 10.9 Å². The SMILES string of the molecule is CCCNCc1cnoc1-c1cn(C)nc1C. The molecule has 0 amide bonds. The molecule has 2 rings (SSSR count). The molecule has 0 saturated carbocycles. The first-order valence-corrected chi connectivity index (χ1v) is 5.87. The summed E-state index contributed by atoms with van der Waals surface area (Å²) in [5, 5.41) is 11.5. The molecule has 0 atom stereocenters. The van der Waals surface area contributed by atoms with Gasteiger partial charge in [-0.25, -0.2) is 0 Å². The van der Waals surface area contributed by atoms with Gasteiger partial charge in [0.2, 0.25) is 0 Å². The molecule has 0 unspecified atom stereocenters. The second kappa shape index (κ2) is 5.14. The van der Waals surface area contributed by atoms with E-state index in [9.17, 15) is 0 Å². The smallest absolute Gasteiger partial charge is 0.174 e. The molecule has 0 radical (unpaired) electrons. The van der Waals surface area contributed by atoms with Gasteiger partial charge in [0, 0.05) is 25.4 Å². The highest BCUT2D eigenvalue weighted by molar-refractivity contribution is 5.62. The highest BCUT2D eigenvalue weighted by Gasteiger charge is 2.15. The first-order chi connectivity index (χ1) is 8.22. The summed E-state index contributed by atoms with van der Waals surface area (Å²) >= 11 is 0. The molecular formula is C12H18N4O. The zero-order valence-corrected chi connectivity index (χ0v) is 10.5. The third-order valence-electron chi connectivity index (χ3n) is 2.64. The van der Waals surface area contributed by atoms with Crippen molar-refractivity contribution < 1.29 is 4.52 Å². The highest BCUT2D eigenvalue weighted by atomic mass is 16.5. The van der Waals surface area contributed by atoms with Crippen molar-refractivity contribution in [2.75, 3.05) is 6.54 Å². The van der Waals surface area contributed by atoms with E-state index in [0.717, 1.165) is 42.1 Å². The molecule has 5 nitrogen and oxygen atoms in total. The lowest BCUT2D eigenvalue weighted by atomic mass is 10.1. The number of hydrogen-bond acceptors (Lipinski definition) is 4. The summed E-state index contributed by atoms with van der Waals surface area (Å²) in [5.41, 5.74) is 3.05. The molecule has 2 aromatic heterocycles. The van der Waals surface area contributed by atoms with Gasteiger partial charge in [0.15, 0.2) is 5.76 Å². The molecule has 0 saturated heterocycles. The van der Waals surface area contributed by atoms with Crippen LogP contribution in [0.2, 0.25) is 0 Å². The zero-order chi connectivity index (χ0) is 12.3. The molecule has 92 valence electrons. The Bertz CT molecular complexity index is 486. The van der Waals surface area contributed by atoms with Gasteiger partial charge in [0.25, 0.3) is 0 Å². The Labute approximate surface area is 101 Å². The predicted molar refractivity (Wildman–Crippen MR) is 65.4 cm³/mol. The zero-order valence-electron chi connectivity index (χ0n) is 10.5. The summed E-state index contributed by atoms with van der Waals surface area (Å²) in [6, 6.07) is 0. The number of aryl methyl sites for hydroxylation is 2. The number of nitrogens with one attached hydrogen (secondary N) is 1. The van der Waals surface area contributed by atoms with Gasteiger partial charge in [0.1, 0.15) is 0 Å². The number of rotatable bonds is 5. The van der Waals surface area contributed by atoms with E-state index in [4.69, 9.17) is 4.52 Å². The summed E-state index contributed by atoms with van der Waals surface area (Å²) in [5.74, 6) is 0.819. The lowest BCUT2D eigenvalue weighted by Crippen LogP contribution is -2.13. The van der Waals surface area contributed by atoms with Gasteiger partial charge in [-0.2, -0.15) is 5.10 Å². The molecule has 0 aliphatic carbocycles. The van der Waals surface area contributed by atoms with Crippen molar-refractivity contribution >= 4 is 0 Å². The predicted octanol–water partition coefficient (Wildman–Crippen LogP) is 1.88. The summed E-state index contributed by atoms with van der Waals surface area (Å²) in [6.45, 7) is 5.89. The Balaban J connectivity index is 2.21. The third-order valence-corrected chi connectivity index (χ3v) is 2.64. The van der Waals surface area contributed by atoms with E-state index in [1.807, 2.05) is 20.2 Å². The summed E-state index contributed by atoms with van der Waals surface area (Å²) < 4.78 is 7.12. The maximum atomic E-state index is 5.33. The molecule has 5 heteroatoms. The molecular weight excluding hydrogens is 216 g/mol. The van der Waals surface area contributed by atoms with Crippen LogP contribution in [0.5, 0.6) is 0 Å². The first-order valence-electron chi connectivity index (χ1n) is 5.87. The highest BCUT2D eigenvalue weighted by Crippen LogP contribution is 2.25. The molecule has 2 heterocycles. The van der Waals surface area contributed by atoms with Crippen molar-refractivity contribution in [1.82, 2.24) is 20.3 Å². The maximum Gasteiger partial charge on any atom is 0.174 e. The molecule has 0 fully saturated rings. The van der Waals surface area contributed by atoms with Crippen molar-refractivity contribution in [2.45, 2.75) is 26.8 Å². The summed E-state index contributed by atoms with van der Waals surface area (Å²) in [4.78, 5) is 0. The van der Waals surface area contributed by atoms with Crippen LogP contribution >= 0.6 is 0 Å².